The fraction of sp³-hybridized carbons (Fsp3) is 0.200. The second kappa shape index (κ2) is 8.08. The Morgan fingerprint density at radius 1 is 0.811 bits per heavy atom. The normalized spacial score (nSPS) is 18.4. The summed E-state index contributed by atoms with van der Waals surface area (Å²) in [5.41, 5.74) is 12.7. The number of rotatable bonds is 4. The Bertz CT molecular complexity index is 1720. The molecule has 5 aromatic rings. The number of nitrogens with one attached hydrogen (secondary N) is 2. The summed E-state index contributed by atoms with van der Waals surface area (Å²) in [6, 6.07) is 28.5. The van der Waals surface area contributed by atoms with E-state index in [-0.39, 0.29) is 13.0 Å². The highest BCUT2D eigenvalue weighted by Crippen LogP contribution is 2.42. The molecule has 0 saturated heterocycles. The molecule has 7 nitrogen and oxygen atoms in total. The summed E-state index contributed by atoms with van der Waals surface area (Å²) < 4.78 is 13.6. The van der Waals surface area contributed by atoms with E-state index in [1.807, 2.05) is 6.07 Å². The van der Waals surface area contributed by atoms with Gasteiger partial charge >= 0.3 is 0 Å². The van der Waals surface area contributed by atoms with Crippen molar-refractivity contribution in [1.29, 1.82) is 0 Å². The number of aromatic nitrogens is 1. The van der Waals surface area contributed by atoms with E-state index >= 15 is 0 Å². The smallest absolute Gasteiger partial charge is 0.231 e. The van der Waals surface area contributed by atoms with Gasteiger partial charge < -0.3 is 14.0 Å². The van der Waals surface area contributed by atoms with Gasteiger partial charge in [0, 0.05) is 16.6 Å². The zero-order chi connectivity index (χ0) is 24.3. The first-order valence-electron chi connectivity index (χ1n) is 12.8. The van der Waals surface area contributed by atoms with Crippen LogP contribution in [0.25, 0.3) is 38.6 Å². The molecule has 2 N–H and O–H groups in total. The molecule has 1 saturated carbocycles. The monoisotopic (exact) mass is 487 g/mol. The lowest BCUT2D eigenvalue weighted by atomic mass is 9.79. The van der Waals surface area contributed by atoms with E-state index in [0.29, 0.717) is 5.92 Å². The Balaban J connectivity index is 1.35. The largest absolute Gasteiger partial charge is 0.454 e. The van der Waals surface area contributed by atoms with Crippen LogP contribution in [0.15, 0.2) is 89.2 Å². The number of fused-ring (bicyclic) bond motifs is 4. The maximum Gasteiger partial charge on any atom is 0.231 e. The molecule has 3 aliphatic rings. The molecule has 1 aromatic heterocycles. The number of benzene rings is 4. The van der Waals surface area contributed by atoms with Crippen molar-refractivity contribution in [3.05, 3.63) is 90.0 Å². The highest BCUT2D eigenvalue weighted by atomic mass is 16.7. The van der Waals surface area contributed by atoms with Gasteiger partial charge in [-0.1, -0.05) is 48.0 Å². The first-order valence-corrected chi connectivity index (χ1v) is 12.8. The summed E-state index contributed by atoms with van der Waals surface area (Å²) in [7, 11) is 0. The van der Waals surface area contributed by atoms with E-state index in [1.54, 1.807) is 0 Å². The van der Waals surface area contributed by atoms with Crippen molar-refractivity contribution in [1.82, 2.24) is 15.5 Å². The molecule has 3 heterocycles. The van der Waals surface area contributed by atoms with E-state index < -0.39 is 0 Å². The van der Waals surface area contributed by atoms with Crippen molar-refractivity contribution < 1.29 is 9.47 Å². The second-order valence-electron chi connectivity index (χ2n) is 10.0. The lowest BCUT2D eigenvalue weighted by Crippen LogP contribution is -2.24. The summed E-state index contributed by atoms with van der Waals surface area (Å²) in [5, 5.41) is 11.9. The van der Waals surface area contributed by atoms with Gasteiger partial charge in [-0.2, -0.15) is 5.43 Å². The third kappa shape index (κ3) is 3.31. The van der Waals surface area contributed by atoms with E-state index in [2.05, 4.69) is 98.7 Å². The van der Waals surface area contributed by atoms with Crippen molar-refractivity contribution in [3.8, 4) is 28.4 Å². The van der Waals surface area contributed by atoms with Crippen molar-refractivity contribution in [2.75, 3.05) is 6.79 Å². The third-order valence-corrected chi connectivity index (χ3v) is 7.94. The number of ether oxygens (including phenoxy) is 2. The number of hydrazine groups is 1. The minimum atomic E-state index is -0.221. The molecule has 4 aromatic carbocycles. The molecule has 0 amide bonds. The minimum absolute atomic E-state index is 0.221. The molecule has 0 bridgehead atoms. The van der Waals surface area contributed by atoms with Gasteiger partial charge in [0.05, 0.1) is 11.2 Å². The summed E-state index contributed by atoms with van der Waals surface area (Å²) in [4.78, 5) is 0. The van der Waals surface area contributed by atoms with Crippen LogP contribution in [0, 0.1) is 0 Å². The predicted octanol–water partition coefficient (Wildman–Crippen LogP) is 6.92. The lowest BCUT2D eigenvalue weighted by molar-refractivity contribution is 0.174. The number of nitrogens with zero attached hydrogens (tertiary/aromatic N) is 3. The van der Waals surface area contributed by atoms with Gasteiger partial charge in [-0.3, -0.25) is 0 Å². The lowest BCUT2D eigenvalue weighted by Gasteiger charge is -2.26. The number of hydrogen-bond acceptors (Lipinski definition) is 6. The molecule has 8 rings (SSSR count). The average molecular weight is 488 g/mol. The molecular weight excluding hydrogens is 462 g/mol. The Labute approximate surface area is 213 Å². The zero-order valence-electron chi connectivity index (χ0n) is 20.1. The predicted molar refractivity (Wildman–Crippen MR) is 143 cm³/mol. The molecule has 0 radical (unpaired) electrons. The fourth-order valence-corrected chi connectivity index (χ4v) is 5.77. The van der Waals surface area contributed by atoms with Gasteiger partial charge in [-0.05, 0) is 83.1 Å². The third-order valence-electron chi connectivity index (χ3n) is 7.94. The van der Waals surface area contributed by atoms with E-state index in [1.165, 1.54) is 41.0 Å². The van der Waals surface area contributed by atoms with Crippen LogP contribution in [-0.2, 0) is 0 Å². The van der Waals surface area contributed by atoms with Crippen molar-refractivity contribution in [3.63, 3.8) is 0 Å². The standard InChI is InChI=1S/C30H25N5O2/c1-3-18(4-1)19-7-10-24-20(13-19)8-11-26-25(24)16-27(21-9-12-28-29(15-21)37-17-36-28)35(26)23-6-2-5-22(14-23)30-31-33-34-32-30/h2,5-16,18,30H,1,3-4,17H2,(H,31,34)(H,32,33). The first kappa shape index (κ1) is 20.8. The Morgan fingerprint density at radius 2 is 1.76 bits per heavy atom. The van der Waals surface area contributed by atoms with Gasteiger partial charge in [0.15, 0.2) is 17.7 Å². The minimum Gasteiger partial charge on any atom is -0.454 e. The topological polar surface area (TPSA) is 72.2 Å². The maximum absolute atomic E-state index is 5.72. The van der Waals surface area contributed by atoms with Crippen LogP contribution in [-0.4, -0.2) is 11.4 Å². The fourth-order valence-electron chi connectivity index (χ4n) is 5.77. The van der Waals surface area contributed by atoms with Crippen LogP contribution in [0.1, 0.15) is 42.5 Å². The van der Waals surface area contributed by atoms with Gasteiger partial charge in [-0.25, -0.2) is 5.53 Å². The Morgan fingerprint density at radius 3 is 2.62 bits per heavy atom. The van der Waals surface area contributed by atoms with E-state index in [4.69, 9.17) is 9.47 Å². The molecule has 1 fully saturated rings. The average Bonchev–Trinajstić information content (AvgIpc) is 3.67. The molecular formula is C30H25N5O2. The van der Waals surface area contributed by atoms with Crippen LogP contribution in [0.2, 0.25) is 0 Å². The van der Waals surface area contributed by atoms with Gasteiger partial charge in [0.1, 0.15) is 0 Å². The van der Waals surface area contributed by atoms with Crippen molar-refractivity contribution in [2.24, 2.45) is 10.3 Å². The van der Waals surface area contributed by atoms with Crippen LogP contribution in [0.5, 0.6) is 11.5 Å². The van der Waals surface area contributed by atoms with Crippen molar-refractivity contribution in [2.45, 2.75) is 31.3 Å². The Kier molecular flexibility index (Phi) is 4.54. The zero-order valence-corrected chi connectivity index (χ0v) is 20.1. The molecule has 1 aliphatic carbocycles. The summed E-state index contributed by atoms with van der Waals surface area (Å²) in [6.45, 7) is 0.259. The van der Waals surface area contributed by atoms with Gasteiger partial charge in [0.2, 0.25) is 6.79 Å². The number of hydrogen-bond donors (Lipinski definition) is 2. The molecule has 7 heteroatoms. The van der Waals surface area contributed by atoms with Crippen LogP contribution >= 0.6 is 0 Å². The first-order chi connectivity index (χ1) is 18.3. The van der Waals surface area contributed by atoms with E-state index in [9.17, 15) is 0 Å². The van der Waals surface area contributed by atoms with Gasteiger partial charge in [0.25, 0.3) is 0 Å². The highest BCUT2D eigenvalue weighted by molar-refractivity contribution is 6.09. The van der Waals surface area contributed by atoms with E-state index in [0.717, 1.165) is 39.5 Å². The molecule has 1 unspecified atom stereocenters. The van der Waals surface area contributed by atoms with Crippen LogP contribution in [0.4, 0.5) is 0 Å². The SMILES string of the molecule is c1cc(C2N=NNN2)cc(-n2c(-c3ccc4c(c3)OCO4)cc3c4ccc(C5CCC5)cc4ccc32)c1. The summed E-state index contributed by atoms with van der Waals surface area (Å²) in [5.74, 6) is 2.28. The summed E-state index contributed by atoms with van der Waals surface area (Å²) >= 11 is 0. The van der Waals surface area contributed by atoms with Crippen molar-refractivity contribution >= 4 is 21.7 Å². The Hall–Kier alpha value is -4.36. The maximum atomic E-state index is 5.72. The van der Waals surface area contributed by atoms with Crippen LogP contribution < -0.4 is 20.4 Å². The van der Waals surface area contributed by atoms with Crippen LogP contribution in [0.3, 0.4) is 0 Å². The molecule has 2 aliphatic heterocycles. The molecule has 1 atom stereocenters. The highest BCUT2D eigenvalue weighted by Gasteiger charge is 2.22. The summed E-state index contributed by atoms with van der Waals surface area (Å²) in [6.07, 6.45) is 3.73. The molecule has 37 heavy (non-hydrogen) atoms. The molecule has 182 valence electrons. The second-order valence-corrected chi connectivity index (χ2v) is 10.0. The molecule has 0 spiro atoms. The van der Waals surface area contributed by atoms with Gasteiger partial charge in [-0.15, -0.1) is 5.11 Å². The quantitative estimate of drug-likeness (QED) is 0.289.